The molecule has 0 aliphatic carbocycles. The van der Waals surface area contributed by atoms with Gasteiger partial charge in [-0.05, 0) is 18.2 Å². The molecule has 0 radical (unpaired) electrons. The molecule has 7 nitrogen and oxygen atoms in total. The number of rotatable bonds is 4. The van der Waals surface area contributed by atoms with Gasteiger partial charge in [0, 0.05) is 18.6 Å². The fourth-order valence-corrected chi connectivity index (χ4v) is 2.18. The molecule has 0 fully saturated rings. The summed E-state index contributed by atoms with van der Waals surface area (Å²) in [6.45, 7) is 0. The minimum atomic E-state index is -3.50. The highest BCUT2D eigenvalue weighted by molar-refractivity contribution is 7.90. The molecule has 0 aromatic carbocycles. The standard InChI is InChI=1S/C12H10N2O5S/c1-20(17,18)10-3-2-4-14-11(10)19-9-5-8(12(15)16)6-13-7-9/h2-7H,1H3,(H,15,16). The molecule has 1 N–H and O–H groups in total. The van der Waals surface area contributed by atoms with Gasteiger partial charge in [0.15, 0.2) is 9.84 Å². The summed E-state index contributed by atoms with van der Waals surface area (Å²) < 4.78 is 28.5. The van der Waals surface area contributed by atoms with E-state index in [1.165, 1.54) is 30.6 Å². The van der Waals surface area contributed by atoms with Crippen LogP contribution >= 0.6 is 0 Å². The van der Waals surface area contributed by atoms with Gasteiger partial charge in [0.25, 0.3) is 0 Å². The second-order valence-corrected chi connectivity index (χ2v) is 5.88. The van der Waals surface area contributed by atoms with Crippen LogP contribution in [0.25, 0.3) is 0 Å². The summed E-state index contributed by atoms with van der Waals surface area (Å²) in [5.74, 6) is -1.19. The highest BCUT2D eigenvalue weighted by atomic mass is 32.2. The van der Waals surface area contributed by atoms with Gasteiger partial charge in [-0.1, -0.05) is 0 Å². The van der Waals surface area contributed by atoms with E-state index in [-0.39, 0.29) is 22.1 Å². The van der Waals surface area contributed by atoms with Gasteiger partial charge in [-0.2, -0.15) is 0 Å². The first-order chi connectivity index (χ1) is 9.38. The van der Waals surface area contributed by atoms with Crippen LogP contribution in [0.4, 0.5) is 0 Å². The predicted molar refractivity (Wildman–Crippen MR) is 68.6 cm³/mol. The van der Waals surface area contributed by atoms with E-state index >= 15 is 0 Å². The topological polar surface area (TPSA) is 106 Å². The van der Waals surface area contributed by atoms with Crippen LogP contribution < -0.4 is 4.74 Å². The van der Waals surface area contributed by atoms with Crippen LogP contribution in [0.5, 0.6) is 11.6 Å². The maximum absolute atomic E-state index is 11.6. The number of carboxylic acids is 1. The van der Waals surface area contributed by atoms with E-state index in [9.17, 15) is 13.2 Å². The number of hydrogen-bond acceptors (Lipinski definition) is 6. The van der Waals surface area contributed by atoms with E-state index in [1.807, 2.05) is 0 Å². The summed E-state index contributed by atoms with van der Waals surface area (Å²) in [6, 6.07) is 4.05. The van der Waals surface area contributed by atoms with Crippen molar-refractivity contribution in [2.45, 2.75) is 4.90 Å². The van der Waals surface area contributed by atoms with Gasteiger partial charge in [-0.25, -0.2) is 18.2 Å². The molecule has 0 aliphatic rings. The third-order valence-electron chi connectivity index (χ3n) is 2.31. The average Bonchev–Trinajstić information content (AvgIpc) is 2.38. The fourth-order valence-electron chi connectivity index (χ4n) is 1.44. The van der Waals surface area contributed by atoms with Crippen LogP contribution in [-0.2, 0) is 9.84 Å². The lowest BCUT2D eigenvalue weighted by molar-refractivity contribution is 0.0696. The van der Waals surface area contributed by atoms with Gasteiger partial charge in [0.2, 0.25) is 5.88 Å². The number of carboxylic acid groups (broad SMARTS) is 1. The number of carbonyl (C=O) groups is 1. The number of pyridine rings is 2. The first-order valence-corrected chi connectivity index (χ1v) is 7.28. The Morgan fingerprint density at radius 3 is 2.75 bits per heavy atom. The zero-order chi connectivity index (χ0) is 14.8. The van der Waals surface area contributed by atoms with Crippen molar-refractivity contribution in [3.63, 3.8) is 0 Å². The van der Waals surface area contributed by atoms with Crippen molar-refractivity contribution in [2.24, 2.45) is 0 Å². The zero-order valence-electron chi connectivity index (χ0n) is 10.3. The Labute approximate surface area is 114 Å². The third kappa shape index (κ3) is 3.09. The van der Waals surface area contributed by atoms with Gasteiger partial charge in [0.05, 0.1) is 11.8 Å². The van der Waals surface area contributed by atoms with Crippen LogP contribution in [0, 0.1) is 0 Å². The Hall–Kier alpha value is -2.48. The zero-order valence-corrected chi connectivity index (χ0v) is 11.2. The van der Waals surface area contributed by atoms with Crippen molar-refractivity contribution in [3.05, 3.63) is 42.4 Å². The maximum Gasteiger partial charge on any atom is 0.337 e. The fraction of sp³-hybridized carbons (Fsp3) is 0.0833. The lowest BCUT2D eigenvalue weighted by Gasteiger charge is -2.08. The van der Waals surface area contributed by atoms with Crippen molar-refractivity contribution in [1.82, 2.24) is 9.97 Å². The smallest absolute Gasteiger partial charge is 0.337 e. The number of ether oxygens (including phenoxy) is 1. The van der Waals surface area contributed by atoms with Crippen LogP contribution in [0.2, 0.25) is 0 Å². The Kier molecular flexibility index (Phi) is 3.66. The van der Waals surface area contributed by atoms with Gasteiger partial charge in [0.1, 0.15) is 10.6 Å². The first-order valence-electron chi connectivity index (χ1n) is 5.39. The molecule has 0 bridgehead atoms. The predicted octanol–water partition coefficient (Wildman–Crippen LogP) is 1.37. The molecule has 0 spiro atoms. The molecule has 0 aliphatic heterocycles. The third-order valence-corrected chi connectivity index (χ3v) is 3.42. The molecule has 104 valence electrons. The molecule has 2 heterocycles. The monoisotopic (exact) mass is 294 g/mol. The molecule has 8 heteroatoms. The van der Waals surface area contributed by atoms with Crippen molar-refractivity contribution < 1.29 is 23.1 Å². The molecule has 0 atom stereocenters. The molecule has 2 aromatic heterocycles. The second-order valence-electron chi connectivity index (χ2n) is 3.90. The lowest BCUT2D eigenvalue weighted by Crippen LogP contribution is -2.03. The summed E-state index contributed by atoms with van der Waals surface area (Å²) in [5, 5.41) is 8.85. The number of hydrogen-bond donors (Lipinski definition) is 1. The molecule has 0 saturated carbocycles. The Balaban J connectivity index is 2.41. The van der Waals surface area contributed by atoms with Gasteiger partial charge in [-0.3, -0.25) is 4.98 Å². The van der Waals surface area contributed by atoms with Crippen molar-refractivity contribution in [1.29, 1.82) is 0 Å². The largest absolute Gasteiger partial charge is 0.478 e. The summed E-state index contributed by atoms with van der Waals surface area (Å²) in [5.41, 5.74) is -0.0701. The molecule has 0 unspecified atom stereocenters. The van der Waals surface area contributed by atoms with Gasteiger partial charge in [-0.15, -0.1) is 0 Å². The van der Waals surface area contributed by atoms with E-state index in [0.717, 1.165) is 12.5 Å². The molecule has 0 amide bonds. The summed E-state index contributed by atoms with van der Waals surface area (Å²) >= 11 is 0. The highest BCUT2D eigenvalue weighted by Gasteiger charge is 2.16. The minimum Gasteiger partial charge on any atom is -0.478 e. The normalized spacial score (nSPS) is 11.1. The van der Waals surface area contributed by atoms with E-state index in [1.54, 1.807) is 0 Å². The van der Waals surface area contributed by atoms with E-state index in [4.69, 9.17) is 9.84 Å². The quantitative estimate of drug-likeness (QED) is 0.907. The first kappa shape index (κ1) is 13.9. The number of aromatic carboxylic acids is 1. The average molecular weight is 294 g/mol. The summed E-state index contributed by atoms with van der Waals surface area (Å²) in [6.07, 6.45) is 4.83. The highest BCUT2D eigenvalue weighted by Crippen LogP contribution is 2.26. The lowest BCUT2D eigenvalue weighted by atomic mass is 10.3. The molecule has 2 rings (SSSR count). The number of nitrogens with zero attached hydrogens (tertiary/aromatic N) is 2. The van der Waals surface area contributed by atoms with Crippen LogP contribution in [-0.4, -0.2) is 35.7 Å². The number of aromatic nitrogens is 2. The van der Waals surface area contributed by atoms with Crippen LogP contribution in [0.3, 0.4) is 0 Å². The van der Waals surface area contributed by atoms with Crippen LogP contribution in [0.1, 0.15) is 10.4 Å². The van der Waals surface area contributed by atoms with Crippen molar-refractivity contribution >= 4 is 15.8 Å². The van der Waals surface area contributed by atoms with Crippen LogP contribution in [0.15, 0.2) is 41.7 Å². The number of sulfone groups is 1. The maximum atomic E-state index is 11.6. The van der Waals surface area contributed by atoms with E-state index < -0.39 is 15.8 Å². The minimum absolute atomic E-state index is 0.0701. The molecule has 0 saturated heterocycles. The molecular weight excluding hydrogens is 284 g/mol. The second kappa shape index (κ2) is 5.25. The summed E-state index contributed by atoms with van der Waals surface area (Å²) in [7, 11) is -3.50. The molecule has 20 heavy (non-hydrogen) atoms. The Morgan fingerprint density at radius 2 is 2.10 bits per heavy atom. The van der Waals surface area contributed by atoms with Gasteiger partial charge >= 0.3 is 5.97 Å². The van der Waals surface area contributed by atoms with E-state index in [2.05, 4.69) is 9.97 Å². The SMILES string of the molecule is CS(=O)(=O)c1cccnc1Oc1cncc(C(=O)O)c1. The van der Waals surface area contributed by atoms with Crippen molar-refractivity contribution in [3.8, 4) is 11.6 Å². The van der Waals surface area contributed by atoms with E-state index in [0.29, 0.717) is 0 Å². The Bertz CT molecular complexity index is 758. The molecule has 2 aromatic rings. The van der Waals surface area contributed by atoms with Crippen molar-refractivity contribution in [2.75, 3.05) is 6.26 Å². The van der Waals surface area contributed by atoms with Gasteiger partial charge < -0.3 is 9.84 Å². The Morgan fingerprint density at radius 1 is 1.35 bits per heavy atom. The summed E-state index contributed by atoms with van der Waals surface area (Å²) in [4.78, 5) is 18.3. The molecular formula is C12H10N2O5S.